The van der Waals surface area contributed by atoms with Crippen molar-refractivity contribution in [2.45, 2.75) is 17.9 Å². The molecule has 1 heterocycles. The van der Waals surface area contributed by atoms with Crippen molar-refractivity contribution in [3.8, 4) is 17.2 Å². The van der Waals surface area contributed by atoms with Crippen LogP contribution in [0.15, 0.2) is 59.2 Å². The Labute approximate surface area is 144 Å². The lowest BCUT2D eigenvalue weighted by molar-refractivity contribution is 0.415. The summed E-state index contributed by atoms with van der Waals surface area (Å²) >= 11 is 1.63. The number of hydrogen-bond donors (Lipinski definition) is 0. The van der Waals surface area contributed by atoms with E-state index in [9.17, 15) is 4.39 Å². The number of ether oxygens (including phenoxy) is 1. The number of hydrogen-bond acceptors (Lipinski definition) is 4. The normalized spacial score (nSPS) is 12.1. The molecular formula is C19H18FNO2S. The summed E-state index contributed by atoms with van der Waals surface area (Å²) in [6, 6.07) is 14.4. The fourth-order valence-corrected chi connectivity index (χ4v) is 3.27. The molecule has 1 atom stereocenters. The van der Waals surface area contributed by atoms with Gasteiger partial charge in [0.1, 0.15) is 17.8 Å². The zero-order chi connectivity index (χ0) is 16.9. The molecule has 2 aromatic carbocycles. The van der Waals surface area contributed by atoms with Crippen LogP contribution in [-0.4, -0.2) is 12.1 Å². The molecule has 1 aromatic heterocycles. The van der Waals surface area contributed by atoms with E-state index in [0.717, 1.165) is 17.0 Å². The molecule has 0 radical (unpaired) electrons. The van der Waals surface area contributed by atoms with E-state index < -0.39 is 0 Å². The molecule has 1 unspecified atom stereocenters. The molecule has 0 bridgehead atoms. The van der Waals surface area contributed by atoms with Gasteiger partial charge in [0.25, 0.3) is 0 Å². The fourth-order valence-electron chi connectivity index (χ4n) is 2.34. The lowest BCUT2D eigenvalue weighted by Crippen LogP contribution is -1.94. The number of halogens is 1. The van der Waals surface area contributed by atoms with Gasteiger partial charge in [0.15, 0.2) is 0 Å². The largest absolute Gasteiger partial charge is 0.497 e. The van der Waals surface area contributed by atoms with Gasteiger partial charge in [-0.05, 0) is 37.3 Å². The Hall–Kier alpha value is -2.27. The van der Waals surface area contributed by atoms with Gasteiger partial charge < -0.3 is 9.15 Å². The molecule has 0 fully saturated rings. The van der Waals surface area contributed by atoms with E-state index in [0.29, 0.717) is 17.2 Å². The molecule has 0 aliphatic heterocycles. The monoisotopic (exact) mass is 343 g/mol. The van der Waals surface area contributed by atoms with Crippen LogP contribution in [0, 0.1) is 5.82 Å². The van der Waals surface area contributed by atoms with E-state index in [1.807, 2.05) is 43.3 Å². The van der Waals surface area contributed by atoms with E-state index >= 15 is 0 Å². The van der Waals surface area contributed by atoms with Crippen LogP contribution in [0.3, 0.4) is 0 Å². The summed E-state index contributed by atoms with van der Waals surface area (Å²) in [4.78, 5) is 4.50. The van der Waals surface area contributed by atoms with Crippen molar-refractivity contribution in [2.75, 3.05) is 7.11 Å². The van der Waals surface area contributed by atoms with Gasteiger partial charge in [-0.15, -0.1) is 11.8 Å². The Kier molecular flexibility index (Phi) is 5.20. The molecule has 0 aliphatic carbocycles. The summed E-state index contributed by atoms with van der Waals surface area (Å²) in [7, 11) is 1.63. The maximum Gasteiger partial charge on any atom is 0.226 e. The molecule has 0 N–H and O–H groups in total. The lowest BCUT2D eigenvalue weighted by atomic mass is 10.1. The molecule has 0 saturated heterocycles. The van der Waals surface area contributed by atoms with E-state index in [2.05, 4.69) is 4.98 Å². The Balaban J connectivity index is 1.64. The Morgan fingerprint density at radius 2 is 1.92 bits per heavy atom. The minimum Gasteiger partial charge on any atom is -0.497 e. The van der Waals surface area contributed by atoms with Gasteiger partial charge in [-0.25, -0.2) is 9.37 Å². The molecule has 3 rings (SSSR count). The highest BCUT2D eigenvalue weighted by molar-refractivity contribution is 7.98. The van der Waals surface area contributed by atoms with Gasteiger partial charge in [0.2, 0.25) is 5.89 Å². The average Bonchev–Trinajstić information content (AvgIpc) is 3.09. The first-order valence-corrected chi connectivity index (χ1v) is 8.67. The van der Waals surface area contributed by atoms with Crippen molar-refractivity contribution >= 4 is 11.8 Å². The molecule has 0 spiro atoms. The van der Waals surface area contributed by atoms with E-state index in [1.165, 1.54) is 6.07 Å². The maximum atomic E-state index is 13.8. The molecule has 0 aliphatic rings. The zero-order valence-corrected chi connectivity index (χ0v) is 14.3. The maximum absolute atomic E-state index is 13.8. The molecule has 3 aromatic rings. The minimum atomic E-state index is -0.170. The smallest absolute Gasteiger partial charge is 0.226 e. The van der Waals surface area contributed by atoms with E-state index in [1.54, 1.807) is 31.2 Å². The average molecular weight is 343 g/mol. The van der Waals surface area contributed by atoms with Crippen LogP contribution < -0.4 is 4.74 Å². The minimum absolute atomic E-state index is 0.0485. The number of rotatable bonds is 6. The predicted molar refractivity (Wildman–Crippen MR) is 94.6 cm³/mol. The van der Waals surface area contributed by atoms with Crippen molar-refractivity contribution in [3.63, 3.8) is 0 Å². The summed E-state index contributed by atoms with van der Waals surface area (Å²) in [6.45, 7) is 1.99. The van der Waals surface area contributed by atoms with Gasteiger partial charge >= 0.3 is 0 Å². The number of aromatic nitrogens is 1. The van der Waals surface area contributed by atoms with Crippen LogP contribution in [0.4, 0.5) is 4.39 Å². The predicted octanol–water partition coefficient (Wildman–Crippen LogP) is 5.48. The molecule has 5 heteroatoms. The number of nitrogens with zero attached hydrogens (tertiary/aromatic N) is 1. The van der Waals surface area contributed by atoms with Crippen LogP contribution in [-0.2, 0) is 5.75 Å². The molecule has 3 nitrogen and oxygen atoms in total. The van der Waals surface area contributed by atoms with Crippen LogP contribution in [0.25, 0.3) is 11.5 Å². The molecule has 24 heavy (non-hydrogen) atoms. The van der Waals surface area contributed by atoms with Gasteiger partial charge in [0, 0.05) is 22.1 Å². The topological polar surface area (TPSA) is 35.3 Å². The SMILES string of the molecule is COc1ccc(-c2nc(CSC(C)c3ccccc3F)co2)cc1. The van der Waals surface area contributed by atoms with Gasteiger partial charge in [-0.2, -0.15) is 0 Å². The number of oxazole rings is 1. The van der Waals surface area contributed by atoms with Crippen molar-refractivity contribution in [1.29, 1.82) is 0 Å². The Bertz CT molecular complexity index is 801. The number of methoxy groups -OCH3 is 1. The zero-order valence-electron chi connectivity index (χ0n) is 13.5. The molecule has 0 amide bonds. The third-order valence-corrected chi connectivity index (χ3v) is 4.93. The van der Waals surface area contributed by atoms with Crippen LogP contribution in [0.1, 0.15) is 23.4 Å². The number of thioether (sulfide) groups is 1. The van der Waals surface area contributed by atoms with Crippen LogP contribution in [0.5, 0.6) is 5.75 Å². The summed E-state index contributed by atoms with van der Waals surface area (Å²) in [6.07, 6.45) is 1.65. The second kappa shape index (κ2) is 7.53. The summed E-state index contributed by atoms with van der Waals surface area (Å²) in [5, 5.41) is 0.0485. The summed E-state index contributed by atoms with van der Waals surface area (Å²) in [5.41, 5.74) is 2.45. The van der Waals surface area contributed by atoms with Crippen LogP contribution in [0.2, 0.25) is 0 Å². The van der Waals surface area contributed by atoms with Gasteiger partial charge in [0.05, 0.1) is 12.8 Å². The second-order valence-corrected chi connectivity index (χ2v) is 6.68. The molecular weight excluding hydrogens is 325 g/mol. The Morgan fingerprint density at radius 3 is 2.62 bits per heavy atom. The first-order valence-electron chi connectivity index (χ1n) is 7.62. The van der Waals surface area contributed by atoms with E-state index in [4.69, 9.17) is 9.15 Å². The van der Waals surface area contributed by atoms with E-state index in [-0.39, 0.29) is 11.1 Å². The highest BCUT2D eigenvalue weighted by Crippen LogP contribution is 2.32. The van der Waals surface area contributed by atoms with Crippen molar-refractivity contribution in [3.05, 3.63) is 71.9 Å². The fraction of sp³-hybridized carbons (Fsp3) is 0.211. The third-order valence-electron chi connectivity index (χ3n) is 3.71. The molecule has 124 valence electrons. The summed E-state index contributed by atoms with van der Waals surface area (Å²) < 4.78 is 24.5. The van der Waals surface area contributed by atoms with Gasteiger partial charge in [-0.1, -0.05) is 18.2 Å². The quantitative estimate of drug-likeness (QED) is 0.593. The standard InChI is InChI=1S/C19H18FNO2S/c1-13(17-5-3-4-6-18(17)20)24-12-15-11-23-19(21-15)14-7-9-16(22-2)10-8-14/h3-11,13H,12H2,1-2H3. The first kappa shape index (κ1) is 16.6. The summed E-state index contributed by atoms with van der Waals surface area (Å²) in [5.74, 6) is 1.86. The first-order chi connectivity index (χ1) is 11.7. The third kappa shape index (κ3) is 3.79. The highest BCUT2D eigenvalue weighted by atomic mass is 32.2. The van der Waals surface area contributed by atoms with Gasteiger partial charge in [-0.3, -0.25) is 0 Å². The number of benzene rings is 2. The molecule has 0 saturated carbocycles. The van der Waals surface area contributed by atoms with Crippen LogP contribution >= 0.6 is 11.8 Å². The highest BCUT2D eigenvalue weighted by Gasteiger charge is 2.13. The lowest BCUT2D eigenvalue weighted by Gasteiger charge is -2.11. The second-order valence-electron chi connectivity index (χ2n) is 5.35. The van der Waals surface area contributed by atoms with Crippen molar-refractivity contribution in [2.24, 2.45) is 0 Å². The van der Waals surface area contributed by atoms with Crippen molar-refractivity contribution in [1.82, 2.24) is 4.98 Å². The Morgan fingerprint density at radius 1 is 1.17 bits per heavy atom. The van der Waals surface area contributed by atoms with Crippen molar-refractivity contribution < 1.29 is 13.5 Å².